The summed E-state index contributed by atoms with van der Waals surface area (Å²) in [6, 6.07) is 10.4. The Morgan fingerprint density at radius 3 is 2.40 bits per heavy atom. The van der Waals surface area contributed by atoms with Crippen LogP contribution in [0.4, 0.5) is 13.2 Å². The van der Waals surface area contributed by atoms with Crippen molar-refractivity contribution in [3.05, 3.63) is 65.2 Å². The van der Waals surface area contributed by atoms with Gasteiger partial charge >= 0.3 is 6.18 Å². The first-order chi connectivity index (χ1) is 9.36. The number of rotatable bonds is 3. The summed E-state index contributed by atoms with van der Waals surface area (Å²) in [4.78, 5) is 12.0. The van der Waals surface area contributed by atoms with Gasteiger partial charge in [0.2, 0.25) is 0 Å². The minimum absolute atomic E-state index is 0.00293. The Bertz CT molecular complexity index is 633. The molecule has 0 aliphatic heterocycles. The topological polar surface area (TPSA) is 37.3 Å². The Morgan fingerprint density at radius 2 is 1.75 bits per heavy atom. The molecule has 0 radical (unpaired) electrons. The first-order valence-corrected chi connectivity index (χ1v) is 5.84. The van der Waals surface area contributed by atoms with E-state index in [9.17, 15) is 23.1 Å². The van der Waals surface area contributed by atoms with Gasteiger partial charge in [-0.05, 0) is 29.8 Å². The molecule has 1 N–H and O–H groups in total. The first kappa shape index (κ1) is 14.1. The van der Waals surface area contributed by atoms with E-state index in [1.807, 2.05) is 0 Å². The van der Waals surface area contributed by atoms with Crippen LogP contribution in [0.5, 0.6) is 5.75 Å². The SMILES string of the molecule is O=C(Cc1cccc(O)c1)c1cccc(C(F)(F)F)c1. The zero-order chi connectivity index (χ0) is 14.8. The normalized spacial score (nSPS) is 11.3. The molecule has 5 heteroatoms. The number of aromatic hydroxyl groups is 1. The van der Waals surface area contributed by atoms with Gasteiger partial charge in [0.15, 0.2) is 5.78 Å². The molecule has 20 heavy (non-hydrogen) atoms. The van der Waals surface area contributed by atoms with Crippen molar-refractivity contribution in [3.8, 4) is 5.75 Å². The van der Waals surface area contributed by atoms with Crippen molar-refractivity contribution in [3.63, 3.8) is 0 Å². The van der Waals surface area contributed by atoms with E-state index in [2.05, 4.69) is 0 Å². The van der Waals surface area contributed by atoms with Crippen LogP contribution < -0.4 is 0 Å². The average Bonchev–Trinajstić information content (AvgIpc) is 2.38. The van der Waals surface area contributed by atoms with E-state index in [-0.39, 0.29) is 17.7 Å². The van der Waals surface area contributed by atoms with Crippen LogP contribution in [-0.2, 0) is 12.6 Å². The summed E-state index contributed by atoms with van der Waals surface area (Å²) < 4.78 is 37.7. The molecule has 0 fully saturated rings. The highest BCUT2D eigenvalue weighted by atomic mass is 19.4. The van der Waals surface area contributed by atoms with Gasteiger partial charge < -0.3 is 5.11 Å². The molecular weight excluding hydrogens is 269 g/mol. The fourth-order valence-corrected chi connectivity index (χ4v) is 1.82. The third kappa shape index (κ3) is 3.38. The molecule has 0 aliphatic rings. The molecule has 2 nitrogen and oxygen atoms in total. The summed E-state index contributed by atoms with van der Waals surface area (Å²) in [7, 11) is 0. The number of phenols is 1. The molecule has 0 bridgehead atoms. The zero-order valence-electron chi connectivity index (χ0n) is 10.3. The molecule has 0 unspecified atom stereocenters. The number of Topliss-reactive ketones (excluding diaryl/α,β-unsaturated/α-hetero) is 1. The maximum Gasteiger partial charge on any atom is 0.416 e. The Kier molecular flexibility index (Phi) is 3.79. The minimum atomic E-state index is -4.47. The van der Waals surface area contributed by atoms with Crippen molar-refractivity contribution in [2.24, 2.45) is 0 Å². The lowest BCUT2D eigenvalue weighted by molar-refractivity contribution is -0.137. The van der Waals surface area contributed by atoms with Gasteiger partial charge in [0.25, 0.3) is 0 Å². The standard InChI is InChI=1S/C15H11F3O2/c16-15(17,18)12-5-2-4-11(9-12)14(20)8-10-3-1-6-13(19)7-10/h1-7,9,19H,8H2. The van der Waals surface area contributed by atoms with Gasteiger partial charge in [-0.2, -0.15) is 13.2 Å². The maximum atomic E-state index is 12.6. The maximum absolute atomic E-state index is 12.6. The van der Waals surface area contributed by atoms with Crippen molar-refractivity contribution in [2.45, 2.75) is 12.6 Å². The molecular formula is C15H11F3O2. The monoisotopic (exact) mass is 280 g/mol. The predicted molar refractivity (Wildman–Crippen MR) is 67.6 cm³/mol. The molecule has 0 saturated heterocycles. The smallest absolute Gasteiger partial charge is 0.416 e. The van der Waals surface area contributed by atoms with Crippen LogP contribution in [0.3, 0.4) is 0 Å². The van der Waals surface area contributed by atoms with Crippen LogP contribution in [0.1, 0.15) is 21.5 Å². The molecule has 2 aromatic rings. The second kappa shape index (κ2) is 5.36. The van der Waals surface area contributed by atoms with Crippen molar-refractivity contribution < 1.29 is 23.1 Å². The molecule has 2 aromatic carbocycles. The fourth-order valence-electron chi connectivity index (χ4n) is 1.82. The summed E-state index contributed by atoms with van der Waals surface area (Å²) in [5, 5.41) is 9.29. The summed E-state index contributed by atoms with van der Waals surface area (Å²) in [6.07, 6.45) is -4.53. The van der Waals surface area contributed by atoms with E-state index in [1.165, 1.54) is 24.3 Å². The molecule has 0 saturated carbocycles. The number of hydrogen-bond donors (Lipinski definition) is 1. The lowest BCUT2D eigenvalue weighted by atomic mass is 10.0. The number of benzene rings is 2. The molecule has 0 atom stereocenters. The number of alkyl halides is 3. The number of carbonyl (C=O) groups is 1. The van der Waals surface area contributed by atoms with Crippen LogP contribution in [0, 0.1) is 0 Å². The van der Waals surface area contributed by atoms with Crippen molar-refractivity contribution in [1.82, 2.24) is 0 Å². The van der Waals surface area contributed by atoms with E-state index in [0.29, 0.717) is 5.56 Å². The second-order valence-electron chi connectivity index (χ2n) is 4.35. The van der Waals surface area contributed by atoms with Crippen molar-refractivity contribution in [1.29, 1.82) is 0 Å². The largest absolute Gasteiger partial charge is 0.508 e. The summed E-state index contributed by atoms with van der Waals surface area (Å²) in [5.74, 6) is -0.416. The molecule has 0 aromatic heterocycles. The van der Waals surface area contributed by atoms with Crippen LogP contribution in [-0.4, -0.2) is 10.9 Å². The van der Waals surface area contributed by atoms with Crippen molar-refractivity contribution >= 4 is 5.78 Å². The van der Waals surface area contributed by atoms with Crippen LogP contribution in [0.15, 0.2) is 48.5 Å². The lowest BCUT2D eigenvalue weighted by Crippen LogP contribution is -2.08. The Labute approximate surface area is 113 Å². The van der Waals surface area contributed by atoms with Gasteiger partial charge in [0.05, 0.1) is 5.56 Å². The lowest BCUT2D eigenvalue weighted by Gasteiger charge is -2.08. The van der Waals surface area contributed by atoms with Gasteiger partial charge in [-0.25, -0.2) is 0 Å². The molecule has 0 spiro atoms. The molecule has 0 aliphatic carbocycles. The summed E-state index contributed by atoms with van der Waals surface area (Å²) in [6.45, 7) is 0. The third-order valence-electron chi connectivity index (χ3n) is 2.79. The Morgan fingerprint density at radius 1 is 1.05 bits per heavy atom. The molecule has 2 rings (SSSR count). The third-order valence-corrected chi connectivity index (χ3v) is 2.79. The van der Waals surface area contributed by atoms with E-state index in [4.69, 9.17) is 0 Å². The van der Waals surface area contributed by atoms with Crippen LogP contribution in [0.2, 0.25) is 0 Å². The Hall–Kier alpha value is -2.30. The fraction of sp³-hybridized carbons (Fsp3) is 0.133. The summed E-state index contributed by atoms with van der Waals surface area (Å²) in [5.41, 5.74) is -0.296. The zero-order valence-corrected chi connectivity index (χ0v) is 10.3. The van der Waals surface area contributed by atoms with Gasteiger partial charge in [0, 0.05) is 12.0 Å². The van der Waals surface area contributed by atoms with Gasteiger partial charge in [-0.3, -0.25) is 4.79 Å². The number of phenolic OH excluding ortho intramolecular Hbond substituents is 1. The van der Waals surface area contributed by atoms with Gasteiger partial charge in [-0.1, -0.05) is 24.3 Å². The highest BCUT2D eigenvalue weighted by molar-refractivity contribution is 5.97. The van der Waals surface area contributed by atoms with Crippen LogP contribution >= 0.6 is 0 Å². The van der Waals surface area contributed by atoms with Crippen molar-refractivity contribution in [2.75, 3.05) is 0 Å². The van der Waals surface area contributed by atoms with Gasteiger partial charge in [0.1, 0.15) is 5.75 Å². The number of carbonyl (C=O) groups excluding carboxylic acids is 1. The highest BCUT2D eigenvalue weighted by Gasteiger charge is 2.30. The highest BCUT2D eigenvalue weighted by Crippen LogP contribution is 2.29. The van der Waals surface area contributed by atoms with E-state index < -0.39 is 17.5 Å². The van der Waals surface area contributed by atoms with E-state index in [1.54, 1.807) is 12.1 Å². The molecule has 0 heterocycles. The summed E-state index contributed by atoms with van der Waals surface area (Å²) >= 11 is 0. The molecule has 0 amide bonds. The number of ketones is 1. The quantitative estimate of drug-likeness (QED) is 0.867. The Balaban J connectivity index is 2.22. The average molecular weight is 280 g/mol. The van der Waals surface area contributed by atoms with E-state index >= 15 is 0 Å². The number of halogens is 3. The number of hydrogen-bond acceptors (Lipinski definition) is 2. The minimum Gasteiger partial charge on any atom is -0.508 e. The predicted octanol–water partition coefficient (Wildman–Crippen LogP) is 3.84. The first-order valence-electron chi connectivity index (χ1n) is 5.84. The van der Waals surface area contributed by atoms with Crippen LogP contribution in [0.25, 0.3) is 0 Å². The second-order valence-corrected chi connectivity index (χ2v) is 4.35. The molecule has 104 valence electrons. The van der Waals surface area contributed by atoms with E-state index in [0.717, 1.165) is 12.1 Å². The van der Waals surface area contributed by atoms with Gasteiger partial charge in [-0.15, -0.1) is 0 Å².